The highest BCUT2D eigenvalue weighted by Gasteiger charge is 2.24. The fourth-order valence-electron chi connectivity index (χ4n) is 2.21. The number of rotatable bonds is 3. The van der Waals surface area contributed by atoms with Crippen LogP contribution < -0.4 is 10.1 Å². The van der Waals surface area contributed by atoms with E-state index in [0.29, 0.717) is 0 Å². The second-order valence-corrected chi connectivity index (χ2v) is 4.71. The van der Waals surface area contributed by atoms with E-state index in [1.807, 2.05) is 12.1 Å². The SMILES string of the molecule is CC(=O)Nc1ccc(OC2CCCCC2O)cc1. The first-order chi connectivity index (χ1) is 8.65. The number of carbonyl (C=O) groups excluding carboxylic acids is 1. The van der Waals surface area contributed by atoms with E-state index in [-0.39, 0.29) is 18.1 Å². The van der Waals surface area contributed by atoms with Crippen molar-refractivity contribution in [2.45, 2.75) is 44.8 Å². The van der Waals surface area contributed by atoms with Crippen LogP contribution in [0.4, 0.5) is 5.69 Å². The third-order valence-electron chi connectivity index (χ3n) is 3.13. The fraction of sp³-hybridized carbons (Fsp3) is 0.500. The minimum absolute atomic E-state index is 0.0913. The number of nitrogens with one attached hydrogen (secondary N) is 1. The number of ether oxygens (including phenoxy) is 1. The molecule has 0 spiro atoms. The van der Waals surface area contributed by atoms with Crippen molar-refractivity contribution >= 4 is 11.6 Å². The number of anilines is 1. The van der Waals surface area contributed by atoms with Gasteiger partial charge in [-0.1, -0.05) is 6.42 Å². The van der Waals surface area contributed by atoms with Crippen molar-refractivity contribution in [3.05, 3.63) is 24.3 Å². The topological polar surface area (TPSA) is 58.6 Å². The van der Waals surface area contributed by atoms with Gasteiger partial charge in [-0.15, -0.1) is 0 Å². The van der Waals surface area contributed by atoms with Crippen LogP contribution in [0.1, 0.15) is 32.6 Å². The van der Waals surface area contributed by atoms with Crippen molar-refractivity contribution in [3.63, 3.8) is 0 Å². The lowest BCUT2D eigenvalue weighted by molar-refractivity contribution is -0.114. The van der Waals surface area contributed by atoms with E-state index < -0.39 is 0 Å². The van der Waals surface area contributed by atoms with Crippen LogP contribution in [0.25, 0.3) is 0 Å². The first-order valence-corrected chi connectivity index (χ1v) is 6.37. The van der Waals surface area contributed by atoms with Crippen molar-refractivity contribution in [3.8, 4) is 5.75 Å². The Kier molecular flexibility index (Phi) is 4.20. The molecule has 4 heteroatoms. The zero-order valence-electron chi connectivity index (χ0n) is 10.6. The molecule has 0 aromatic heterocycles. The summed E-state index contributed by atoms with van der Waals surface area (Å²) in [5.41, 5.74) is 0.749. The lowest BCUT2D eigenvalue weighted by Gasteiger charge is -2.28. The molecular weight excluding hydrogens is 230 g/mol. The van der Waals surface area contributed by atoms with E-state index in [1.165, 1.54) is 6.92 Å². The largest absolute Gasteiger partial charge is 0.488 e. The second kappa shape index (κ2) is 5.87. The molecule has 1 amide bonds. The summed E-state index contributed by atoms with van der Waals surface area (Å²) in [7, 11) is 0. The number of hydrogen-bond acceptors (Lipinski definition) is 3. The Morgan fingerprint density at radius 1 is 1.28 bits per heavy atom. The first-order valence-electron chi connectivity index (χ1n) is 6.37. The average Bonchev–Trinajstić information content (AvgIpc) is 2.34. The van der Waals surface area contributed by atoms with Crippen molar-refractivity contribution < 1.29 is 14.6 Å². The lowest BCUT2D eigenvalue weighted by Crippen LogP contribution is -2.34. The van der Waals surface area contributed by atoms with Gasteiger partial charge >= 0.3 is 0 Å². The molecule has 2 rings (SSSR count). The molecule has 1 aromatic carbocycles. The zero-order valence-corrected chi connectivity index (χ0v) is 10.6. The van der Waals surface area contributed by atoms with Gasteiger partial charge in [0, 0.05) is 12.6 Å². The Bertz CT molecular complexity index is 402. The highest BCUT2D eigenvalue weighted by atomic mass is 16.5. The van der Waals surface area contributed by atoms with Crippen LogP contribution in [-0.2, 0) is 4.79 Å². The predicted octanol–water partition coefficient (Wildman–Crippen LogP) is 2.33. The smallest absolute Gasteiger partial charge is 0.221 e. The molecule has 18 heavy (non-hydrogen) atoms. The maximum atomic E-state index is 10.9. The monoisotopic (exact) mass is 249 g/mol. The van der Waals surface area contributed by atoms with Crippen LogP contribution in [-0.4, -0.2) is 23.2 Å². The van der Waals surface area contributed by atoms with Gasteiger partial charge in [0.15, 0.2) is 0 Å². The standard InChI is InChI=1S/C14H19NO3/c1-10(16)15-11-6-8-12(9-7-11)18-14-5-3-2-4-13(14)17/h6-9,13-14,17H,2-5H2,1H3,(H,15,16). The Balaban J connectivity index is 1.95. The summed E-state index contributed by atoms with van der Waals surface area (Å²) in [5, 5.41) is 12.5. The maximum Gasteiger partial charge on any atom is 0.221 e. The Morgan fingerprint density at radius 2 is 1.94 bits per heavy atom. The summed E-state index contributed by atoms with van der Waals surface area (Å²) in [6.07, 6.45) is 3.41. The van der Waals surface area contributed by atoms with E-state index in [0.717, 1.165) is 37.1 Å². The Morgan fingerprint density at radius 3 is 2.56 bits per heavy atom. The number of carbonyl (C=O) groups is 1. The molecule has 0 aliphatic heterocycles. The molecule has 1 aromatic rings. The van der Waals surface area contributed by atoms with Gasteiger partial charge in [0.1, 0.15) is 11.9 Å². The molecule has 0 heterocycles. The van der Waals surface area contributed by atoms with Crippen LogP contribution in [0.2, 0.25) is 0 Å². The third-order valence-corrected chi connectivity index (χ3v) is 3.13. The van der Waals surface area contributed by atoms with Crippen LogP contribution in [0, 0.1) is 0 Å². The van der Waals surface area contributed by atoms with Gasteiger partial charge in [0.05, 0.1) is 6.10 Å². The molecule has 1 aliphatic carbocycles. The summed E-state index contributed by atoms with van der Waals surface area (Å²) in [4.78, 5) is 10.9. The van der Waals surface area contributed by atoms with E-state index in [2.05, 4.69) is 5.32 Å². The molecular formula is C14H19NO3. The normalized spacial score (nSPS) is 23.4. The van der Waals surface area contributed by atoms with Crippen molar-refractivity contribution in [2.24, 2.45) is 0 Å². The zero-order chi connectivity index (χ0) is 13.0. The Labute approximate surface area is 107 Å². The molecule has 2 unspecified atom stereocenters. The van der Waals surface area contributed by atoms with Crippen molar-refractivity contribution in [1.82, 2.24) is 0 Å². The number of amides is 1. The molecule has 0 radical (unpaired) electrons. The predicted molar refractivity (Wildman–Crippen MR) is 69.6 cm³/mol. The van der Waals surface area contributed by atoms with Gasteiger partial charge in [-0.05, 0) is 43.5 Å². The van der Waals surface area contributed by atoms with E-state index >= 15 is 0 Å². The lowest BCUT2D eigenvalue weighted by atomic mass is 9.95. The molecule has 4 nitrogen and oxygen atoms in total. The minimum Gasteiger partial charge on any atom is -0.488 e. The van der Waals surface area contributed by atoms with Crippen LogP contribution in [0.5, 0.6) is 5.75 Å². The molecule has 2 atom stereocenters. The number of benzene rings is 1. The highest BCUT2D eigenvalue weighted by molar-refractivity contribution is 5.88. The third kappa shape index (κ3) is 3.47. The van der Waals surface area contributed by atoms with Gasteiger partial charge in [-0.25, -0.2) is 0 Å². The Hall–Kier alpha value is -1.55. The quantitative estimate of drug-likeness (QED) is 0.864. The summed E-state index contributed by atoms with van der Waals surface area (Å²) in [5.74, 6) is 0.640. The molecule has 98 valence electrons. The van der Waals surface area contributed by atoms with Gasteiger partial charge in [-0.3, -0.25) is 4.79 Å². The summed E-state index contributed by atoms with van der Waals surface area (Å²) < 4.78 is 5.76. The van der Waals surface area contributed by atoms with Crippen molar-refractivity contribution in [2.75, 3.05) is 5.32 Å². The molecule has 0 saturated heterocycles. The minimum atomic E-state index is -0.367. The molecule has 1 fully saturated rings. The van der Waals surface area contributed by atoms with Crippen LogP contribution >= 0.6 is 0 Å². The maximum absolute atomic E-state index is 10.9. The number of aliphatic hydroxyl groups is 1. The van der Waals surface area contributed by atoms with Crippen molar-refractivity contribution in [1.29, 1.82) is 0 Å². The number of hydrogen-bond donors (Lipinski definition) is 2. The summed E-state index contributed by atoms with van der Waals surface area (Å²) in [6.45, 7) is 1.47. The number of aliphatic hydroxyl groups excluding tert-OH is 1. The fourth-order valence-corrected chi connectivity index (χ4v) is 2.21. The van der Waals surface area contributed by atoms with Gasteiger partial charge in [0.25, 0.3) is 0 Å². The molecule has 0 bridgehead atoms. The first kappa shape index (κ1) is 12.9. The summed E-state index contributed by atoms with van der Waals surface area (Å²) >= 11 is 0. The van der Waals surface area contributed by atoms with E-state index in [4.69, 9.17) is 4.74 Å². The van der Waals surface area contributed by atoms with E-state index in [9.17, 15) is 9.90 Å². The van der Waals surface area contributed by atoms with Crippen LogP contribution in [0.15, 0.2) is 24.3 Å². The molecule has 2 N–H and O–H groups in total. The van der Waals surface area contributed by atoms with Gasteiger partial charge < -0.3 is 15.2 Å². The second-order valence-electron chi connectivity index (χ2n) is 4.71. The molecule has 1 saturated carbocycles. The van der Waals surface area contributed by atoms with E-state index in [1.54, 1.807) is 12.1 Å². The van der Waals surface area contributed by atoms with Crippen LogP contribution in [0.3, 0.4) is 0 Å². The van der Waals surface area contributed by atoms with Gasteiger partial charge in [0.2, 0.25) is 5.91 Å². The highest BCUT2D eigenvalue weighted by Crippen LogP contribution is 2.24. The molecule has 1 aliphatic rings. The summed E-state index contributed by atoms with van der Waals surface area (Å²) in [6, 6.07) is 7.22. The van der Waals surface area contributed by atoms with Gasteiger partial charge in [-0.2, -0.15) is 0 Å². The average molecular weight is 249 g/mol.